The third-order valence-corrected chi connectivity index (χ3v) is 2.26. The molecule has 0 aromatic carbocycles. The smallest absolute Gasteiger partial charge is 0.0851 e. The number of aromatic nitrogens is 2. The van der Waals surface area contributed by atoms with Gasteiger partial charge in [-0.3, -0.25) is 4.68 Å². The first kappa shape index (κ1) is 11.2. The van der Waals surface area contributed by atoms with E-state index in [4.69, 9.17) is 0 Å². The molecule has 2 atom stereocenters. The summed E-state index contributed by atoms with van der Waals surface area (Å²) < 4.78 is 1.85. The van der Waals surface area contributed by atoms with Crippen molar-refractivity contribution in [3.05, 3.63) is 17.5 Å². The molecule has 0 radical (unpaired) electrons. The quantitative estimate of drug-likeness (QED) is 0.740. The maximum atomic E-state index is 9.52. The van der Waals surface area contributed by atoms with Crippen molar-refractivity contribution in [2.75, 3.05) is 0 Å². The molecule has 1 rings (SSSR count). The monoisotopic (exact) mass is 198 g/mol. The fourth-order valence-electron chi connectivity index (χ4n) is 1.42. The summed E-state index contributed by atoms with van der Waals surface area (Å²) in [4.78, 5) is 0. The van der Waals surface area contributed by atoms with Crippen LogP contribution in [0.1, 0.15) is 25.2 Å². The summed E-state index contributed by atoms with van der Waals surface area (Å²) in [5.74, 6) is 0. The molecule has 0 aliphatic heterocycles. The van der Waals surface area contributed by atoms with Crippen molar-refractivity contribution in [1.29, 1.82) is 0 Å². The van der Waals surface area contributed by atoms with E-state index < -0.39 is 12.2 Å². The Morgan fingerprint density at radius 2 is 2.14 bits per heavy atom. The Balaban J connectivity index is 2.74. The summed E-state index contributed by atoms with van der Waals surface area (Å²) >= 11 is 0. The molecule has 4 nitrogen and oxygen atoms in total. The fraction of sp³-hybridized carbons (Fsp3) is 0.700. The van der Waals surface area contributed by atoms with Crippen molar-refractivity contribution < 1.29 is 10.2 Å². The topological polar surface area (TPSA) is 58.3 Å². The van der Waals surface area contributed by atoms with Gasteiger partial charge in [-0.25, -0.2) is 0 Å². The van der Waals surface area contributed by atoms with Crippen LogP contribution in [0.3, 0.4) is 0 Å². The molecule has 0 aliphatic rings. The van der Waals surface area contributed by atoms with E-state index in [1.54, 1.807) is 6.92 Å². The van der Waals surface area contributed by atoms with Crippen LogP contribution in [0, 0.1) is 6.92 Å². The highest BCUT2D eigenvalue weighted by molar-refractivity contribution is 5.10. The highest BCUT2D eigenvalue weighted by Crippen LogP contribution is 2.08. The maximum absolute atomic E-state index is 9.52. The van der Waals surface area contributed by atoms with Gasteiger partial charge in [0, 0.05) is 18.7 Å². The first-order chi connectivity index (χ1) is 6.54. The van der Waals surface area contributed by atoms with Gasteiger partial charge in [0.25, 0.3) is 0 Å². The van der Waals surface area contributed by atoms with Crippen LogP contribution in [-0.4, -0.2) is 32.2 Å². The Hall–Kier alpha value is -0.870. The summed E-state index contributed by atoms with van der Waals surface area (Å²) in [5, 5.41) is 23.0. The zero-order valence-corrected chi connectivity index (χ0v) is 8.94. The van der Waals surface area contributed by atoms with Crippen LogP contribution in [0.25, 0.3) is 0 Å². The molecule has 2 unspecified atom stereocenters. The number of hydrogen-bond acceptors (Lipinski definition) is 3. The Labute approximate surface area is 84.2 Å². The lowest BCUT2D eigenvalue weighted by atomic mass is 10.1. The first-order valence-corrected chi connectivity index (χ1v) is 4.94. The Morgan fingerprint density at radius 3 is 2.64 bits per heavy atom. The van der Waals surface area contributed by atoms with Crippen LogP contribution in [-0.2, 0) is 13.0 Å². The van der Waals surface area contributed by atoms with Crippen molar-refractivity contribution in [2.45, 2.75) is 45.9 Å². The molecular weight excluding hydrogens is 180 g/mol. The second-order valence-corrected chi connectivity index (χ2v) is 3.60. The van der Waals surface area contributed by atoms with Crippen molar-refractivity contribution in [3.8, 4) is 0 Å². The van der Waals surface area contributed by atoms with Gasteiger partial charge in [-0.15, -0.1) is 0 Å². The van der Waals surface area contributed by atoms with Crippen molar-refractivity contribution in [3.63, 3.8) is 0 Å². The van der Waals surface area contributed by atoms with E-state index in [9.17, 15) is 10.2 Å². The molecule has 1 aromatic rings. The minimum absolute atomic E-state index is 0.451. The normalized spacial score (nSPS) is 15.5. The second kappa shape index (κ2) is 4.57. The molecule has 80 valence electrons. The van der Waals surface area contributed by atoms with Crippen LogP contribution >= 0.6 is 0 Å². The summed E-state index contributed by atoms with van der Waals surface area (Å²) in [5.41, 5.74) is 1.91. The first-order valence-electron chi connectivity index (χ1n) is 4.94. The number of aliphatic hydroxyl groups excluding tert-OH is 2. The molecule has 0 bridgehead atoms. The van der Waals surface area contributed by atoms with Gasteiger partial charge in [0.15, 0.2) is 0 Å². The molecule has 0 fully saturated rings. The molecule has 2 N–H and O–H groups in total. The van der Waals surface area contributed by atoms with Crippen molar-refractivity contribution >= 4 is 0 Å². The van der Waals surface area contributed by atoms with Gasteiger partial charge >= 0.3 is 0 Å². The molecule has 0 saturated heterocycles. The molecule has 14 heavy (non-hydrogen) atoms. The largest absolute Gasteiger partial charge is 0.391 e. The minimum Gasteiger partial charge on any atom is -0.391 e. The lowest BCUT2D eigenvalue weighted by Crippen LogP contribution is -2.26. The van der Waals surface area contributed by atoms with E-state index in [-0.39, 0.29) is 0 Å². The van der Waals surface area contributed by atoms with Crippen LogP contribution in [0.4, 0.5) is 0 Å². The maximum Gasteiger partial charge on any atom is 0.0851 e. The Bertz CT molecular complexity index is 294. The van der Waals surface area contributed by atoms with Gasteiger partial charge < -0.3 is 10.2 Å². The van der Waals surface area contributed by atoms with Gasteiger partial charge in [0.05, 0.1) is 17.9 Å². The summed E-state index contributed by atoms with van der Waals surface area (Å²) in [6, 6.07) is 1.94. The van der Waals surface area contributed by atoms with Crippen LogP contribution in [0.2, 0.25) is 0 Å². The van der Waals surface area contributed by atoms with Gasteiger partial charge in [-0.2, -0.15) is 5.10 Å². The lowest BCUT2D eigenvalue weighted by Gasteiger charge is -2.13. The van der Waals surface area contributed by atoms with Crippen LogP contribution in [0.5, 0.6) is 0 Å². The molecule has 0 spiro atoms. The molecule has 1 heterocycles. The van der Waals surface area contributed by atoms with E-state index >= 15 is 0 Å². The van der Waals surface area contributed by atoms with Crippen molar-refractivity contribution in [2.24, 2.45) is 0 Å². The number of aryl methyl sites for hydroxylation is 2. The molecule has 0 saturated carbocycles. The minimum atomic E-state index is -0.712. The third kappa shape index (κ3) is 2.56. The summed E-state index contributed by atoms with van der Waals surface area (Å²) in [6.45, 7) is 6.30. The second-order valence-electron chi connectivity index (χ2n) is 3.60. The number of rotatable bonds is 4. The van der Waals surface area contributed by atoms with Gasteiger partial charge in [-0.1, -0.05) is 0 Å². The summed E-state index contributed by atoms with van der Waals surface area (Å²) in [6.07, 6.45) is -0.960. The Morgan fingerprint density at radius 1 is 1.50 bits per heavy atom. The van der Waals surface area contributed by atoms with Crippen LogP contribution < -0.4 is 0 Å². The van der Waals surface area contributed by atoms with E-state index in [0.29, 0.717) is 6.42 Å². The lowest BCUT2D eigenvalue weighted by molar-refractivity contribution is 0.0307. The predicted molar refractivity (Wildman–Crippen MR) is 54.0 cm³/mol. The highest BCUT2D eigenvalue weighted by atomic mass is 16.3. The molecular formula is C10H18N2O2. The van der Waals surface area contributed by atoms with E-state index in [1.807, 2.05) is 24.6 Å². The molecule has 4 heteroatoms. The molecule has 1 aromatic heterocycles. The van der Waals surface area contributed by atoms with E-state index in [2.05, 4.69) is 5.10 Å². The third-order valence-electron chi connectivity index (χ3n) is 2.26. The molecule has 0 aliphatic carbocycles. The van der Waals surface area contributed by atoms with E-state index in [1.165, 1.54) is 0 Å². The number of nitrogens with zero attached hydrogens (tertiary/aromatic N) is 2. The van der Waals surface area contributed by atoms with Gasteiger partial charge in [-0.05, 0) is 26.8 Å². The standard InChI is InChI=1S/C10H18N2O2/c1-4-12-9(5-7(2)11-12)6-10(14)8(3)13/h5,8,10,13-14H,4,6H2,1-3H3. The zero-order chi connectivity index (χ0) is 10.7. The van der Waals surface area contributed by atoms with E-state index in [0.717, 1.165) is 17.9 Å². The molecule has 0 amide bonds. The average molecular weight is 198 g/mol. The zero-order valence-electron chi connectivity index (χ0n) is 8.94. The van der Waals surface area contributed by atoms with Gasteiger partial charge in [0.1, 0.15) is 0 Å². The van der Waals surface area contributed by atoms with Gasteiger partial charge in [0.2, 0.25) is 0 Å². The predicted octanol–water partition coefficient (Wildman–Crippen LogP) is 0.496. The Kier molecular flexibility index (Phi) is 3.66. The van der Waals surface area contributed by atoms with Crippen molar-refractivity contribution in [1.82, 2.24) is 9.78 Å². The SMILES string of the molecule is CCn1nc(C)cc1CC(O)C(C)O. The number of aliphatic hydroxyl groups is 2. The highest BCUT2D eigenvalue weighted by Gasteiger charge is 2.14. The number of hydrogen-bond donors (Lipinski definition) is 2. The fourth-order valence-corrected chi connectivity index (χ4v) is 1.42. The average Bonchev–Trinajstić information content (AvgIpc) is 2.45. The van der Waals surface area contributed by atoms with Crippen LogP contribution in [0.15, 0.2) is 6.07 Å². The summed E-state index contributed by atoms with van der Waals surface area (Å²) in [7, 11) is 0.